The van der Waals surface area contributed by atoms with Gasteiger partial charge in [-0.2, -0.15) is 0 Å². The van der Waals surface area contributed by atoms with Gasteiger partial charge in [-0.1, -0.05) is 59.9 Å². The van der Waals surface area contributed by atoms with E-state index in [-0.39, 0.29) is 12.2 Å². The lowest BCUT2D eigenvalue weighted by Crippen LogP contribution is -2.40. The van der Waals surface area contributed by atoms with Gasteiger partial charge in [0.15, 0.2) is 4.80 Å². The van der Waals surface area contributed by atoms with Crippen LogP contribution in [0, 0.1) is 3.57 Å². The molecular formula is C30H25IN2O5S. The maximum atomic E-state index is 14.0. The number of ether oxygens (including phenoxy) is 3. The highest BCUT2D eigenvalue weighted by atomic mass is 127. The van der Waals surface area contributed by atoms with Crippen molar-refractivity contribution in [3.63, 3.8) is 0 Å². The number of aromatic nitrogens is 1. The van der Waals surface area contributed by atoms with Gasteiger partial charge in [-0.25, -0.2) is 9.79 Å². The quantitative estimate of drug-likeness (QED) is 0.216. The second-order valence-electron chi connectivity index (χ2n) is 8.60. The van der Waals surface area contributed by atoms with Crippen molar-refractivity contribution in [1.82, 2.24) is 4.57 Å². The fourth-order valence-corrected chi connectivity index (χ4v) is 6.25. The molecule has 198 valence electrons. The predicted octanol–water partition coefficient (Wildman–Crippen LogP) is 4.56. The molecule has 0 bridgehead atoms. The minimum absolute atomic E-state index is 0.190. The van der Waals surface area contributed by atoms with Gasteiger partial charge < -0.3 is 14.2 Å². The largest absolute Gasteiger partial charge is 0.497 e. The first-order valence-corrected chi connectivity index (χ1v) is 14.1. The Morgan fingerprint density at radius 3 is 2.54 bits per heavy atom. The van der Waals surface area contributed by atoms with Crippen LogP contribution in [0.25, 0.3) is 11.8 Å². The normalized spacial score (nSPS) is 15.0. The number of carbonyl (C=O) groups excluding carboxylic acids is 1. The summed E-state index contributed by atoms with van der Waals surface area (Å²) >= 11 is 3.49. The summed E-state index contributed by atoms with van der Waals surface area (Å²) in [5, 5.41) is 0. The van der Waals surface area contributed by atoms with Crippen LogP contribution in [-0.2, 0) is 9.53 Å². The molecule has 1 unspecified atom stereocenters. The van der Waals surface area contributed by atoms with Crippen LogP contribution in [0.15, 0.2) is 88.2 Å². The maximum absolute atomic E-state index is 14.0. The van der Waals surface area contributed by atoms with E-state index in [1.54, 1.807) is 25.7 Å². The van der Waals surface area contributed by atoms with Crippen LogP contribution in [0.5, 0.6) is 11.5 Å². The van der Waals surface area contributed by atoms with Crippen molar-refractivity contribution in [3.05, 3.63) is 118 Å². The highest BCUT2D eigenvalue weighted by Gasteiger charge is 2.35. The second-order valence-corrected chi connectivity index (χ2v) is 10.8. The lowest BCUT2D eigenvalue weighted by molar-refractivity contribution is -0.138. The first-order chi connectivity index (χ1) is 18.9. The van der Waals surface area contributed by atoms with Gasteiger partial charge in [0.05, 0.1) is 46.2 Å². The van der Waals surface area contributed by atoms with E-state index in [0.717, 1.165) is 20.4 Å². The van der Waals surface area contributed by atoms with Gasteiger partial charge in [0.25, 0.3) is 5.56 Å². The molecule has 39 heavy (non-hydrogen) atoms. The van der Waals surface area contributed by atoms with Crippen LogP contribution < -0.4 is 24.4 Å². The fraction of sp³-hybridized carbons (Fsp3) is 0.167. The molecule has 0 amide bonds. The highest BCUT2D eigenvalue weighted by molar-refractivity contribution is 14.1. The van der Waals surface area contributed by atoms with Crippen LogP contribution in [0.2, 0.25) is 0 Å². The smallest absolute Gasteiger partial charge is 0.338 e. The number of methoxy groups -OCH3 is 2. The molecule has 1 aliphatic rings. The monoisotopic (exact) mass is 652 g/mol. The molecule has 9 heteroatoms. The Balaban J connectivity index is 1.81. The molecule has 2 heterocycles. The molecule has 7 nitrogen and oxygen atoms in total. The topological polar surface area (TPSA) is 79.1 Å². The van der Waals surface area contributed by atoms with E-state index in [1.165, 1.54) is 11.3 Å². The zero-order valence-electron chi connectivity index (χ0n) is 21.5. The molecule has 0 N–H and O–H groups in total. The lowest BCUT2D eigenvalue weighted by atomic mass is 9.93. The number of nitrogens with zero attached hydrogens (tertiary/aromatic N) is 2. The number of benzene rings is 3. The zero-order chi connectivity index (χ0) is 27.5. The molecule has 3 aromatic carbocycles. The van der Waals surface area contributed by atoms with E-state index < -0.39 is 12.0 Å². The van der Waals surface area contributed by atoms with Crippen LogP contribution in [-0.4, -0.2) is 31.4 Å². The molecule has 5 rings (SSSR count). The molecule has 0 fully saturated rings. The third-order valence-corrected chi connectivity index (χ3v) is 8.08. The van der Waals surface area contributed by atoms with Gasteiger partial charge in [-0.3, -0.25) is 9.36 Å². The van der Waals surface area contributed by atoms with Crippen LogP contribution in [0.1, 0.15) is 29.7 Å². The van der Waals surface area contributed by atoms with E-state index in [2.05, 4.69) is 22.6 Å². The summed E-state index contributed by atoms with van der Waals surface area (Å²) < 4.78 is 19.4. The van der Waals surface area contributed by atoms with Crippen molar-refractivity contribution in [1.29, 1.82) is 0 Å². The molecule has 1 atom stereocenters. The Kier molecular flexibility index (Phi) is 7.99. The lowest BCUT2D eigenvalue weighted by Gasteiger charge is -2.26. The summed E-state index contributed by atoms with van der Waals surface area (Å²) in [4.78, 5) is 32.9. The van der Waals surface area contributed by atoms with Crippen molar-refractivity contribution in [2.75, 3.05) is 20.8 Å². The number of thiazole rings is 1. The molecule has 0 saturated heterocycles. The molecule has 4 aromatic rings. The van der Waals surface area contributed by atoms with Crippen molar-refractivity contribution in [2.45, 2.75) is 13.0 Å². The first kappa shape index (κ1) is 26.9. The maximum Gasteiger partial charge on any atom is 0.338 e. The summed E-state index contributed by atoms with van der Waals surface area (Å²) in [5.74, 6) is 0.856. The third kappa shape index (κ3) is 5.28. The second kappa shape index (κ2) is 11.6. The number of rotatable bonds is 7. The van der Waals surface area contributed by atoms with E-state index in [0.29, 0.717) is 31.9 Å². The Labute approximate surface area is 242 Å². The van der Waals surface area contributed by atoms with Crippen LogP contribution >= 0.6 is 33.9 Å². The van der Waals surface area contributed by atoms with Gasteiger partial charge in [-0.15, -0.1) is 0 Å². The van der Waals surface area contributed by atoms with Gasteiger partial charge in [0.1, 0.15) is 11.5 Å². The molecular weight excluding hydrogens is 627 g/mol. The summed E-state index contributed by atoms with van der Waals surface area (Å²) in [6.45, 7) is 1.95. The number of esters is 1. The van der Waals surface area contributed by atoms with E-state index >= 15 is 0 Å². The molecule has 0 saturated carbocycles. The SMILES string of the molecule is CCOC(=O)C1=C(c2ccccc2)N=c2s/c(=C\c3ccc(OC)c(I)c3)c(=O)n2C1c1cccc(OC)c1. The summed E-state index contributed by atoms with van der Waals surface area (Å²) in [5.41, 5.74) is 2.87. The molecule has 0 radical (unpaired) electrons. The third-order valence-electron chi connectivity index (χ3n) is 6.26. The Hall–Kier alpha value is -3.70. The Bertz CT molecular complexity index is 1760. The van der Waals surface area contributed by atoms with Gasteiger partial charge >= 0.3 is 5.97 Å². The summed E-state index contributed by atoms with van der Waals surface area (Å²) in [7, 11) is 3.21. The molecule has 0 aliphatic carbocycles. The zero-order valence-corrected chi connectivity index (χ0v) is 24.5. The van der Waals surface area contributed by atoms with Crippen molar-refractivity contribution < 1.29 is 19.0 Å². The highest BCUT2D eigenvalue weighted by Crippen LogP contribution is 2.36. The minimum atomic E-state index is -0.760. The Morgan fingerprint density at radius 2 is 1.85 bits per heavy atom. The van der Waals surface area contributed by atoms with E-state index in [9.17, 15) is 9.59 Å². The van der Waals surface area contributed by atoms with Gasteiger partial charge in [0, 0.05) is 5.56 Å². The molecule has 0 spiro atoms. The number of hydrogen-bond acceptors (Lipinski definition) is 7. The van der Waals surface area contributed by atoms with E-state index in [4.69, 9.17) is 19.2 Å². The van der Waals surface area contributed by atoms with Gasteiger partial charge in [0.2, 0.25) is 0 Å². The molecule has 1 aliphatic heterocycles. The van der Waals surface area contributed by atoms with Crippen LogP contribution in [0.4, 0.5) is 0 Å². The first-order valence-electron chi connectivity index (χ1n) is 12.2. The van der Waals surface area contributed by atoms with Crippen molar-refractivity contribution >= 4 is 51.7 Å². The fourth-order valence-electron chi connectivity index (χ4n) is 4.49. The Morgan fingerprint density at radius 1 is 1.05 bits per heavy atom. The number of hydrogen-bond donors (Lipinski definition) is 0. The van der Waals surface area contributed by atoms with E-state index in [1.807, 2.05) is 78.9 Å². The van der Waals surface area contributed by atoms with Crippen molar-refractivity contribution in [2.24, 2.45) is 4.99 Å². The van der Waals surface area contributed by atoms with Crippen LogP contribution in [0.3, 0.4) is 0 Å². The minimum Gasteiger partial charge on any atom is -0.497 e. The average molecular weight is 653 g/mol. The number of halogens is 1. The number of carbonyl (C=O) groups is 1. The predicted molar refractivity (Wildman–Crippen MR) is 160 cm³/mol. The summed E-state index contributed by atoms with van der Waals surface area (Å²) in [6.07, 6.45) is 1.84. The van der Waals surface area contributed by atoms with Gasteiger partial charge in [-0.05, 0) is 71.0 Å². The summed E-state index contributed by atoms with van der Waals surface area (Å²) in [6, 6.07) is 21.8. The standard InChI is InChI=1S/C30H25IN2O5S/c1-4-38-29(35)25-26(19-9-6-5-7-10-19)32-30-33(27(25)20-11-8-12-21(17-20)36-2)28(34)24(39-30)16-18-13-14-23(37-3)22(31)15-18/h5-17,27H,4H2,1-3H3/b24-16-. The average Bonchev–Trinajstić information content (AvgIpc) is 3.27. The number of fused-ring (bicyclic) bond motifs is 1. The molecule has 1 aromatic heterocycles. The van der Waals surface area contributed by atoms with Crippen molar-refractivity contribution in [3.8, 4) is 11.5 Å².